The smallest absolute Gasteiger partial charge is 0.410 e. The number of hydrogen-bond donors (Lipinski definition) is 2. The van der Waals surface area contributed by atoms with Crippen LogP contribution in [-0.2, 0) is 15.1 Å². The molecule has 0 saturated carbocycles. The third kappa shape index (κ3) is 6.74. The first-order valence-corrected chi connectivity index (χ1v) is 10.5. The maximum atomic E-state index is 13.0. The van der Waals surface area contributed by atoms with Gasteiger partial charge < -0.3 is 19.8 Å². The number of halogens is 2. The number of carbonyl (C=O) groups excluding carboxylic acids is 2. The van der Waals surface area contributed by atoms with Gasteiger partial charge in [-0.15, -0.1) is 0 Å². The highest BCUT2D eigenvalue weighted by atomic mass is 35.5. The summed E-state index contributed by atoms with van der Waals surface area (Å²) in [4.78, 5) is 28.2. The standard InChI is InChI=1S/C21H32Cl2N2O5/c1-7-18(28)24(5)13-21(11-15(27)12-26,14-8-9-16(22)17(23)10-14)25(6)19(29)30-20(2,3)4/h8-10,15,26-27H,7,11-13H2,1-6H3/t15?,21-/m1/s1. The van der Waals surface area contributed by atoms with Gasteiger partial charge in [-0.05, 0) is 38.5 Å². The molecule has 9 heteroatoms. The minimum Gasteiger partial charge on any atom is -0.444 e. The van der Waals surface area contributed by atoms with Crippen molar-refractivity contribution in [2.45, 2.75) is 57.8 Å². The Morgan fingerprint density at radius 3 is 2.23 bits per heavy atom. The molecule has 0 heterocycles. The van der Waals surface area contributed by atoms with Crippen molar-refractivity contribution < 1.29 is 24.5 Å². The van der Waals surface area contributed by atoms with Gasteiger partial charge in [0.25, 0.3) is 0 Å². The number of nitrogens with zero attached hydrogens (tertiary/aromatic N) is 2. The van der Waals surface area contributed by atoms with Gasteiger partial charge in [-0.1, -0.05) is 36.2 Å². The van der Waals surface area contributed by atoms with Crippen molar-refractivity contribution in [1.29, 1.82) is 0 Å². The lowest BCUT2D eigenvalue weighted by atomic mass is 9.82. The largest absolute Gasteiger partial charge is 0.444 e. The molecule has 2 atom stereocenters. The lowest BCUT2D eigenvalue weighted by Gasteiger charge is -2.45. The van der Waals surface area contributed by atoms with E-state index in [2.05, 4.69) is 0 Å². The van der Waals surface area contributed by atoms with E-state index in [0.717, 1.165) is 0 Å². The minimum absolute atomic E-state index is 0.0461. The van der Waals surface area contributed by atoms with Crippen molar-refractivity contribution in [3.05, 3.63) is 33.8 Å². The topological polar surface area (TPSA) is 90.3 Å². The molecule has 1 aromatic carbocycles. The molecule has 170 valence electrons. The number of amides is 2. The summed E-state index contributed by atoms with van der Waals surface area (Å²) in [5.41, 5.74) is -1.44. The maximum Gasteiger partial charge on any atom is 0.410 e. The van der Waals surface area contributed by atoms with E-state index >= 15 is 0 Å². The van der Waals surface area contributed by atoms with E-state index in [9.17, 15) is 19.8 Å². The molecule has 0 aliphatic carbocycles. The SMILES string of the molecule is CCC(=O)N(C)C[C@](CC(O)CO)(c1ccc(Cl)c(Cl)c1)N(C)C(=O)OC(C)(C)C. The van der Waals surface area contributed by atoms with Gasteiger partial charge in [-0.25, -0.2) is 4.79 Å². The second kappa shape index (κ2) is 10.7. The highest BCUT2D eigenvalue weighted by Gasteiger charge is 2.44. The summed E-state index contributed by atoms with van der Waals surface area (Å²) in [6, 6.07) is 4.87. The second-order valence-corrected chi connectivity index (χ2v) is 9.16. The zero-order chi connectivity index (χ0) is 23.3. The van der Waals surface area contributed by atoms with Crippen LogP contribution in [0.4, 0.5) is 4.79 Å². The first-order valence-electron chi connectivity index (χ1n) is 9.72. The van der Waals surface area contributed by atoms with Crippen LogP contribution in [0.2, 0.25) is 10.0 Å². The third-order valence-electron chi connectivity index (χ3n) is 4.78. The number of rotatable bonds is 8. The molecule has 0 bridgehead atoms. The number of aliphatic hydroxyl groups excluding tert-OH is 2. The molecule has 0 fully saturated rings. The van der Waals surface area contributed by atoms with E-state index in [1.54, 1.807) is 52.9 Å². The molecule has 0 aliphatic heterocycles. The van der Waals surface area contributed by atoms with Gasteiger partial charge in [0.1, 0.15) is 5.60 Å². The van der Waals surface area contributed by atoms with E-state index in [0.29, 0.717) is 10.6 Å². The van der Waals surface area contributed by atoms with Gasteiger partial charge in [-0.3, -0.25) is 9.69 Å². The maximum absolute atomic E-state index is 13.0. The molecule has 0 aromatic heterocycles. The van der Waals surface area contributed by atoms with Crippen LogP contribution in [0.1, 0.15) is 46.1 Å². The van der Waals surface area contributed by atoms with Crippen molar-refractivity contribution in [2.75, 3.05) is 27.2 Å². The van der Waals surface area contributed by atoms with Gasteiger partial charge in [0.2, 0.25) is 5.91 Å². The van der Waals surface area contributed by atoms with Crippen LogP contribution in [0.3, 0.4) is 0 Å². The third-order valence-corrected chi connectivity index (χ3v) is 5.52. The van der Waals surface area contributed by atoms with Crippen LogP contribution >= 0.6 is 23.2 Å². The van der Waals surface area contributed by atoms with Crippen LogP contribution in [0.25, 0.3) is 0 Å². The Kier molecular flexibility index (Phi) is 9.42. The van der Waals surface area contributed by atoms with Crippen molar-refractivity contribution in [1.82, 2.24) is 9.80 Å². The molecule has 2 amide bonds. The van der Waals surface area contributed by atoms with Gasteiger partial charge in [0, 0.05) is 33.5 Å². The van der Waals surface area contributed by atoms with Crippen LogP contribution in [0, 0.1) is 0 Å². The molecule has 0 saturated heterocycles. The van der Waals surface area contributed by atoms with E-state index in [-0.39, 0.29) is 30.3 Å². The molecule has 30 heavy (non-hydrogen) atoms. The molecule has 1 unspecified atom stereocenters. The van der Waals surface area contributed by atoms with Crippen LogP contribution in [0.15, 0.2) is 18.2 Å². The Hall–Kier alpha value is -1.54. The molecule has 0 radical (unpaired) electrons. The van der Waals surface area contributed by atoms with Gasteiger partial charge in [-0.2, -0.15) is 0 Å². The summed E-state index contributed by atoms with van der Waals surface area (Å²) in [6.07, 6.45) is -1.59. The van der Waals surface area contributed by atoms with E-state index in [1.165, 1.54) is 16.8 Å². The number of carbonyl (C=O) groups is 2. The molecule has 2 N–H and O–H groups in total. The minimum atomic E-state index is -1.24. The Labute approximate surface area is 188 Å². The average Bonchev–Trinajstić information content (AvgIpc) is 2.66. The number of benzene rings is 1. The lowest BCUT2D eigenvalue weighted by molar-refractivity contribution is -0.132. The van der Waals surface area contributed by atoms with Gasteiger partial charge >= 0.3 is 6.09 Å². The highest BCUT2D eigenvalue weighted by molar-refractivity contribution is 6.42. The molecule has 1 rings (SSSR count). The van der Waals surface area contributed by atoms with Crippen molar-refractivity contribution >= 4 is 35.2 Å². The Bertz CT molecular complexity index is 753. The summed E-state index contributed by atoms with van der Waals surface area (Å²) in [5.74, 6) is -0.143. The number of ether oxygens (including phenoxy) is 1. The fourth-order valence-electron chi connectivity index (χ4n) is 3.21. The molecular formula is C21H32Cl2N2O5. The Balaban J connectivity index is 3.65. The predicted molar refractivity (Wildman–Crippen MR) is 118 cm³/mol. The fourth-order valence-corrected chi connectivity index (χ4v) is 3.50. The summed E-state index contributed by atoms with van der Waals surface area (Å²) in [7, 11) is 3.15. The average molecular weight is 463 g/mol. The summed E-state index contributed by atoms with van der Waals surface area (Å²) in [6.45, 7) is 6.50. The predicted octanol–water partition coefficient (Wildman–Crippen LogP) is 3.67. The van der Waals surface area contributed by atoms with Gasteiger partial charge in [0.15, 0.2) is 0 Å². The monoisotopic (exact) mass is 462 g/mol. The summed E-state index contributed by atoms with van der Waals surface area (Å²) in [5, 5.41) is 20.5. The summed E-state index contributed by atoms with van der Waals surface area (Å²) >= 11 is 12.3. The molecular weight excluding hydrogens is 431 g/mol. The quantitative estimate of drug-likeness (QED) is 0.614. The zero-order valence-electron chi connectivity index (χ0n) is 18.4. The van der Waals surface area contributed by atoms with Crippen molar-refractivity contribution in [3.8, 4) is 0 Å². The van der Waals surface area contributed by atoms with Gasteiger partial charge in [0.05, 0.1) is 28.3 Å². The number of likely N-dealkylation sites (N-methyl/N-ethyl adjacent to an activating group) is 2. The van der Waals surface area contributed by atoms with Crippen LogP contribution < -0.4 is 0 Å². The Morgan fingerprint density at radius 1 is 1.17 bits per heavy atom. The number of aliphatic hydroxyl groups is 2. The molecule has 7 nitrogen and oxygen atoms in total. The van der Waals surface area contributed by atoms with E-state index in [4.69, 9.17) is 27.9 Å². The number of hydrogen-bond acceptors (Lipinski definition) is 5. The first-order chi connectivity index (χ1) is 13.8. The zero-order valence-corrected chi connectivity index (χ0v) is 19.9. The fraction of sp³-hybridized carbons (Fsp3) is 0.619. The Morgan fingerprint density at radius 2 is 1.77 bits per heavy atom. The molecule has 1 aromatic rings. The molecule has 0 aliphatic rings. The van der Waals surface area contributed by atoms with Crippen LogP contribution in [-0.4, -0.2) is 71.0 Å². The van der Waals surface area contributed by atoms with E-state index in [1.807, 2.05) is 0 Å². The normalized spacial score (nSPS) is 14.6. The van der Waals surface area contributed by atoms with Crippen LogP contribution in [0.5, 0.6) is 0 Å². The highest BCUT2D eigenvalue weighted by Crippen LogP contribution is 2.38. The first kappa shape index (κ1) is 26.5. The van der Waals surface area contributed by atoms with E-state index < -0.39 is 29.9 Å². The molecule has 0 spiro atoms. The van der Waals surface area contributed by atoms with Crippen molar-refractivity contribution in [2.24, 2.45) is 0 Å². The lowest BCUT2D eigenvalue weighted by Crippen LogP contribution is -2.56. The summed E-state index contributed by atoms with van der Waals surface area (Å²) < 4.78 is 5.54. The second-order valence-electron chi connectivity index (χ2n) is 8.34. The van der Waals surface area contributed by atoms with Crippen molar-refractivity contribution in [3.63, 3.8) is 0 Å².